The van der Waals surface area contributed by atoms with Crippen LogP contribution in [-0.2, 0) is 6.18 Å². The van der Waals surface area contributed by atoms with Crippen molar-refractivity contribution in [3.8, 4) is 0 Å². The molecule has 116 valence electrons. The number of hydrazone groups is 1. The summed E-state index contributed by atoms with van der Waals surface area (Å²) in [5, 5.41) is 3.64. The summed E-state index contributed by atoms with van der Waals surface area (Å²) in [6.07, 6.45) is -3.25. The van der Waals surface area contributed by atoms with Crippen LogP contribution in [0.25, 0.3) is 0 Å². The Labute approximate surface area is 145 Å². The van der Waals surface area contributed by atoms with Crippen molar-refractivity contribution >= 4 is 50.6 Å². The minimum absolute atomic E-state index is 0.137. The number of hydrogen-bond donors (Lipinski definition) is 1. The van der Waals surface area contributed by atoms with Crippen LogP contribution in [0, 0.1) is 3.77 Å². The molecule has 1 heterocycles. The van der Waals surface area contributed by atoms with Gasteiger partial charge in [-0.2, -0.15) is 18.3 Å². The largest absolute Gasteiger partial charge is 0.448 e. The van der Waals surface area contributed by atoms with Crippen LogP contribution in [0.3, 0.4) is 0 Å². The first-order valence-electron chi connectivity index (χ1n) is 5.73. The number of nitrogens with one attached hydrogen (secondary N) is 1. The van der Waals surface area contributed by atoms with E-state index in [0.717, 1.165) is 22.7 Å². The molecule has 2 aromatic rings. The van der Waals surface area contributed by atoms with E-state index in [9.17, 15) is 18.0 Å². The third-order valence-corrected chi connectivity index (χ3v) is 4.61. The van der Waals surface area contributed by atoms with Gasteiger partial charge in [0.15, 0.2) is 3.77 Å². The zero-order valence-corrected chi connectivity index (χ0v) is 14.4. The first-order valence-corrected chi connectivity index (χ1v) is 7.60. The number of halogens is 5. The highest BCUT2D eigenvalue weighted by atomic mass is 127. The van der Waals surface area contributed by atoms with E-state index < -0.39 is 17.6 Å². The maximum Gasteiger partial charge on any atom is 0.416 e. The minimum Gasteiger partial charge on any atom is -0.448 e. The van der Waals surface area contributed by atoms with E-state index in [1.165, 1.54) is 12.3 Å². The van der Waals surface area contributed by atoms with Gasteiger partial charge in [0, 0.05) is 34.2 Å². The van der Waals surface area contributed by atoms with E-state index in [1.54, 1.807) is 6.07 Å². The normalized spacial score (nSPS) is 11.9. The average molecular weight is 487 g/mol. The summed E-state index contributed by atoms with van der Waals surface area (Å²) in [7, 11) is 0. The number of nitrogens with zero attached hydrogens (tertiary/aromatic N) is 1. The van der Waals surface area contributed by atoms with Crippen LogP contribution in [0.2, 0.25) is 0 Å². The van der Waals surface area contributed by atoms with Crippen molar-refractivity contribution in [1.29, 1.82) is 0 Å². The van der Waals surface area contributed by atoms with Gasteiger partial charge in [-0.3, -0.25) is 4.79 Å². The highest BCUT2D eigenvalue weighted by molar-refractivity contribution is 14.1. The molecular weight excluding hydrogens is 480 g/mol. The molecule has 0 spiro atoms. The van der Waals surface area contributed by atoms with Crippen molar-refractivity contribution in [2.75, 3.05) is 0 Å². The van der Waals surface area contributed by atoms with Gasteiger partial charge in [0.2, 0.25) is 0 Å². The highest BCUT2D eigenvalue weighted by Crippen LogP contribution is 2.29. The number of benzene rings is 1. The second-order valence-corrected chi connectivity index (χ2v) is 5.88. The Hall–Kier alpha value is -1.36. The van der Waals surface area contributed by atoms with Gasteiger partial charge in [-0.05, 0) is 34.1 Å². The molecule has 1 aromatic heterocycles. The number of rotatable bonds is 3. The van der Waals surface area contributed by atoms with Gasteiger partial charge in [-0.1, -0.05) is 6.07 Å². The van der Waals surface area contributed by atoms with Crippen LogP contribution in [-0.4, -0.2) is 12.1 Å². The molecule has 0 atom stereocenters. The zero-order chi connectivity index (χ0) is 16.3. The SMILES string of the molecule is O=C(N/N=C\c1cc(Br)c(I)o1)c1cccc(C(F)(F)F)c1. The third-order valence-electron chi connectivity index (χ3n) is 2.47. The molecule has 0 unspecified atom stereocenters. The molecule has 1 amide bonds. The number of carbonyl (C=O) groups is 1. The molecule has 0 saturated carbocycles. The van der Waals surface area contributed by atoms with Gasteiger partial charge < -0.3 is 4.42 Å². The van der Waals surface area contributed by atoms with Crippen LogP contribution in [0.5, 0.6) is 0 Å². The molecule has 1 aromatic carbocycles. The fraction of sp³-hybridized carbons (Fsp3) is 0.0769. The van der Waals surface area contributed by atoms with Crippen molar-refractivity contribution in [3.05, 3.63) is 55.5 Å². The summed E-state index contributed by atoms with van der Waals surface area (Å²) < 4.78 is 44.3. The van der Waals surface area contributed by atoms with Gasteiger partial charge in [0.1, 0.15) is 5.76 Å². The van der Waals surface area contributed by atoms with E-state index in [0.29, 0.717) is 9.53 Å². The van der Waals surface area contributed by atoms with Gasteiger partial charge in [-0.15, -0.1) is 0 Å². The summed E-state index contributed by atoms with van der Waals surface area (Å²) in [5.41, 5.74) is 1.11. The Morgan fingerprint density at radius 1 is 1.36 bits per heavy atom. The summed E-state index contributed by atoms with van der Waals surface area (Å²) >= 11 is 5.20. The number of amides is 1. The Balaban J connectivity index is 2.06. The first-order chi connectivity index (χ1) is 10.3. The Morgan fingerprint density at radius 3 is 2.68 bits per heavy atom. The molecule has 0 aliphatic carbocycles. The number of alkyl halides is 3. The molecule has 0 aliphatic rings. The van der Waals surface area contributed by atoms with Crippen molar-refractivity contribution in [2.45, 2.75) is 6.18 Å². The van der Waals surface area contributed by atoms with Crippen LogP contribution >= 0.6 is 38.5 Å². The summed E-state index contributed by atoms with van der Waals surface area (Å²) in [6, 6.07) is 5.72. The van der Waals surface area contributed by atoms with Crippen LogP contribution in [0.15, 0.2) is 44.3 Å². The lowest BCUT2D eigenvalue weighted by atomic mass is 10.1. The number of carbonyl (C=O) groups excluding carboxylic acids is 1. The van der Waals surface area contributed by atoms with E-state index in [4.69, 9.17) is 4.42 Å². The average Bonchev–Trinajstić information content (AvgIpc) is 2.77. The Kier molecular flexibility index (Phi) is 5.27. The molecule has 0 saturated heterocycles. The van der Waals surface area contributed by atoms with Gasteiger partial charge >= 0.3 is 6.18 Å². The van der Waals surface area contributed by atoms with Crippen molar-refractivity contribution in [2.24, 2.45) is 5.10 Å². The number of furan rings is 1. The molecule has 0 bridgehead atoms. The lowest BCUT2D eigenvalue weighted by molar-refractivity contribution is -0.137. The molecule has 9 heteroatoms. The minimum atomic E-state index is -4.50. The molecule has 22 heavy (non-hydrogen) atoms. The summed E-state index contributed by atoms with van der Waals surface area (Å²) in [4.78, 5) is 11.8. The molecule has 0 fully saturated rings. The van der Waals surface area contributed by atoms with Crippen molar-refractivity contribution in [3.63, 3.8) is 0 Å². The maximum absolute atomic E-state index is 12.6. The smallest absolute Gasteiger partial charge is 0.416 e. The quantitative estimate of drug-likeness (QED) is 0.396. The van der Waals surface area contributed by atoms with Crippen LogP contribution < -0.4 is 5.43 Å². The Bertz CT molecular complexity index is 709. The molecule has 1 N–H and O–H groups in total. The van der Waals surface area contributed by atoms with Crippen molar-refractivity contribution in [1.82, 2.24) is 5.43 Å². The second kappa shape index (κ2) is 6.82. The fourth-order valence-corrected chi connectivity index (χ4v) is 2.20. The van der Waals surface area contributed by atoms with Crippen LogP contribution in [0.4, 0.5) is 13.2 Å². The second-order valence-electron chi connectivity index (χ2n) is 4.05. The molecular formula is C13H7BrF3IN2O2. The van der Waals surface area contributed by atoms with Crippen LogP contribution in [0.1, 0.15) is 21.7 Å². The maximum atomic E-state index is 12.6. The monoisotopic (exact) mass is 486 g/mol. The standard InChI is InChI=1S/C13H7BrF3IN2O2/c14-10-5-9(22-11(10)18)6-19-20-12(21)7-2-1-3-8(4-7)13(15,16)17/h1-6H,(H,20,21)/b19-6-. The van der Waals surface area contributed by atoms with Gasteiger partial charge in [0.25, 0.3) is 5.91 Å². The fourth-order valence-electron chi connectivity index (χ4n) is 1.48. The Morgan fingerprint density at radius 2 is 2.09 bits per heavy atom. The third kappa shape index (κ3) is 4.32. The van der Waals surface area contributed by atoms with Gasteiger partial charge in [-0.25, -0.2) is 5.43 Å². The first kappa shape index (κ1) is 17.0. The van der Waals surface area contributed by atoms with Crippen molar-refractivity contribution < 1.29 is 22.4 Å². The topological polar surface area (TPSA) is 54.6 Å². The predicted molar refractivity (Wildman–Crippen MR) is 85.6 cm³/mol. The molecule has 2 rings (SSSR count). The lowest BCUT2D eigenvalue weighted by Gasteiger charge is -2.07. The highest BCUT2D eigenvalue weighted by Gasteiger charge is 2.30. The zero-order valence-electron chi connectivity index (χ0n) is 10.6. The molecule has 0 aliphatic heterocycles. The number of hydrogen-bond acceptors (Lipinski definition) is 3. The molecule has 4 nitrogen and oxygen atoms in total. The van der Waals surface area contributed by atoms with Gasteiger partial charge in [0.05, 0.1) is 16.3 Å². The lowest BCUT2D eigenvalue weighted by Crippen LogP contribution is -2.18. The van der Waals surface area contributed by atoms with E-state index in [1.807, 2.05) is 22.6 Å². The summed E-state index contributed by atoms with van der Waals surface area (Å²) in [6.45, 7) is 0. The predicted octanol–water partition coefficient (Wildman–Crippen LogP) is 4.43. The van der Waals surface area contributed by atoms with E-state index >= 15 is 0 Å². The molecule has 0 radical (unpaired) electrons. The van der Waals surface area contributed by atoms with E-state index in [2.05, 4.69) is 26.5 Å². The van der Waals surface area contributed by atoms with E-state index in [-0.39, 0.29) is 5.56 Å². The summed E-state index contributed by atoms with van der Waals surface area (Å²) in [5.74, 6) is -0.358.